The van der Waals surface area contributed by atoms with E-state index in [1.54, 1.807) is 7.11 Å². The first kappa shape index (κ1) is 24.8. The molecule has 5 heteroatoms. The van der Waals surface area contributed by atoms with Crippen LogP contribution in [-0.2, 0) is 19.1 Å². The molecule has 170 valence electrons. The number of ketones is 1. The third kappa shape index (κ3) is 6.52. The Morgan fingerprint density at radius 1 is 1.27 bits per heavy atom. The van der Waals surface area contributed by atoms with E-state index >= 15 is 0 Å². The van der Waals surface area contributed by atoms with Gasteiger partial charge in [-0.05, 0) is 50.4 Å². The van der Waals surface area contributed by atoms with Crippen molar-refractivity contribution in [2.75, 3.05) is 14.2 Å². The van der Waals surface area contributed by atoms with Crippen LogP contribution in [0.2, 0.25) is 0 Å². The molecule has 30 heavy (non-hydrogen) atoms. The molecule has 2 saturated carbocycles. The van der Waals surface area contributed by atoms with E-state index in [1.165, 1.54) is 13.5 Å². The number of allylic oxidation sites excluding steroid dienone is 2. The number of hydrogen-bond acceptors (Lipinski definition) is 5. The number of Topliss-reactive ketones (excluding diaryl/α,β-unsaturated/α-hetero) is 1. The van der Waals surface area contributed by atoms with Gasteiger partial charge in [0.2, 0.25) is 0 Å². The van der Waals surface area contributed by atoms with E-state index in [2.05, 4.69) is 29.9 Å². The molecule has 0 amide bonds. The maximum Gasteiger partial charge on any atom is 0.305 e. The van der Waals surface area contributed by atoms with Crippen molar-refractivity contribution in [3.8, 4) is 0 Å². The zero-order chi connectivity index (χ0) is 22.0. The molecule has 0 aromatic carbocycles. The van der Waals surface area contributed by atoms with Crippen molar-refractivity contribution in [3.05, 3.63) is 24.3 Å². The second kappa shape index (κ2) is 12.4. The van der Waals surface area contributed by atoms with E-state index < -0.39 is 0 Å². The van der Waals surface area contributed by atoms with Crippen molar-refractivity contribution in [2.24, 2.45) is 17.3 Å². The summed E-state index contributed by atoms with van der Waals surface area (Å²) in [6, 6.07) is 0. The van der Waals surface area contributed by atoms with Crippen LogP contribution in [0.1, 0.15) is 77.6 Å². The van der Waals surface area contributed by atoms with Gasteiger partial charge in [0.1, 0.15) is 5.78 Å². The summed E-state index contributed by atoms with van der Waals surface area (Å²) < 4.78 is 10.2. The van der Waals surface area contributed by atoms with Gasteiger partial charge in [-0.1, -0.05) is 44.1 Å². The van der Waals surface area contributed by atoms with Gasteiger partial charge < -0.3 is 14.6 Å². The number of carbonyl (C=O) groups is 2. The zero-order valence-electron chi connectivity index (χ0n) is 19.0. The van der Waals surface area contributed by atoms with E-state index in [1.807, 2.05) is 6.08 Å². The molecule has 0 heterocycles. The van der Waals surface area contributed by atoms with Crippen LogP contribution < -0.4 is 0 Å². The molecule has 5 nitrogen and oxygen atoms in total. The van der Waals surface area contributed by atoms with Crippen LogP contribution in [0.4, 0.5) is 0 Å². The number of rotatable bonds is 13. The van der Waals surface area contributed by atoms with Crippen LogP contribution in [0.3, 0.4) is 0 Å². The Bertz CT molecular complexity index is 605. The van der Waals surface area contributed by atoms with Gasteiger partial charge in [0.25, 0.3) is 0 Å². The van der Waals surface area contributed by atoms with Gasteiger partial charge in [-0.15, -0.1) is 0 Å². The molecule has 0 aromatic heterocycles. The van der Waals surface area contributed by atoms with Crippen LogP contribution in [0.5, 0.6) is 0 Å². The molecule has 2 rings (SSSR count). The lowest BCUT2D eigenvalue weighted by Gasteiger charge is -2.45. The molecular weight excluding hydrogens is 380 g/mol. The molecular formula is C25H40O5. The molecule has 0 aromatic rings. The lowest BCUT2D eigenvalue weighted by Crippen LogP contribution is -2.41. The van der Waals surface area contributed by atoms with Crippen molar-refractivity contribution in [1.82, 2.24) is 0 Å². The van der Waals surface area contributed by atoms with Gasteiger partial charge in [-0.25, -0.2) is 0 Å². The predicted molar refractivity (Wildman–Crippen MR) is 118 cm³/mol. The summed E-state index contributed by atoms with van der Waals surface area (Å²) in [6.45, 7) is 2.18. The highest BCUT2D eigenvalue weighted by Gasteiger charge is 2.42. The molecule has 2 aliphatic carbocycles. The van der Waals surface area contributed by atoms with Crippen molar-refractivity contribution in [3.63, 3.8) is 0 Å². The first-order valence-corrected chi connectivity index (χ1v) is 11.6. The van der Waals surface area contributed by atoms with Crippen LogP contribution in [-0.4, -0.2) is 43.3 Å². The fourth-order valence-electron chi connectivity index (χ4n) is 5.07. The molecule has 0 spiro atoms. The highest BCUT2D eigenvalue weighted by atomic mass is 16.5. The normalized spacial score (nSPS) is 26.9. The number of ether oxygens (including phenoxy) is 2. The van der Waals surface area contributed by atoms with E-state index in [4.69, 9.17) is 4.74 Å². The molecule has 1 N–H and O–H groups in total. The Balaban J connectivity index is 1.88. The standard InChI is InChI=1S/C25H40O5/c1-4-15-25(16-10-17-25)23(27)13-9-12-20-19(21(26)18-22(20)29-2)11-7-5-6-8-14-24(28)30-3/h5,7,9,12,19-20,22-23,27H,4,6,8,10-11,13-18H2,1-3H3/t19-,20-,22?,23?/m1/s1. The van der Waals surface area contributed by atoms with Crippen LogP contribution >= 0.6 is 0 Å². The lowest BCUT2D eigenvalue weighted by atomic mass is 9.62. The minimum atomic E-state index is -0.297. The van der Waals surface area contributed by atoms with E-state index in [-0.39, 0.29) is 41.2 Å². The Hall–Kier alpha value is -1.46. The molecule has 0 bridgehead atoms. The van der Waals surface area contributed by atoms with Gasteiger partial charge in [-0.3, -0.25) is 9.59 Å². The van der Waals surface area contributed by atoms with Crippen molar-refractivity contribution in [2.45, 2.75) is 89.8 Å². The second-order valence-electron chi connectivity index (χ2n) is 8.95. The third-order valence-electron chi connectivity index (χ3n) is 7.07. The average Bonchev–Trinajstić information content (AvgIpc) is 3.01. The summed E-state index contributed by atoms with van der Waals surface area (Å²) >= 11 is 0. The monoisotopic (exact) mass is 420 g/mol. The van der Waals surface area contributed by atoms with Crippen molar-refractivity contribution < 1.29 is 24.2 Å². The van der Waals surface area contributed by atoms with Gasteiger partial charge >= 0.3 is 5.97 Å². The second-order valence-corrected chi connectivity index (χ2v) is 8.95. The van der Waals surface area contributed by atoms with E-state index in [0.717, 1.165) is 38.5 Å². The number of aliphatic hydroxyl groups is 1. The fraction of sp³-hybridized carbons (Fsp3) is 0.760. The topological polar surface area (TPSA) is 72.8 Å². The number of hydrogen-bond donors (Lipinski definition) is 1. The largest absolute Gasteiger partial charge is 0.469 e. The summed E-state index contributed by atoms with van der Waals surface area (Å²) in [6.07, 6.45) is 17.3. The van der Waals surface area contributed by atoms with Crippen molar-refractivity contribution >= 4 is 11.8 Å². The summed E-state index contributed by atoms with van der Waals surface area (Å²) in [5, 5.41) is 10.8. The molecule has 4 atom stereocenters. The van der Waals surface area contributed by atoms with Gasteiger partial charge in [0.15, 0.2) is 0 Å². The highest BCUT2D eigenvalue weighted by Crippen LogP contribution is 2.48. The van der Waals surface area contributed by atoms with Gasteiger partial charge in [0.05, 0.1) is 19.3 Å². The SMILES string of the molecule is CCCC1(C(O)CC=C[C@H]2C(OC)CC(=O)[C@@H]2CC=CCCCC(=O)OC)CCC1. The van der Waals surface area contributed by atoms with Crippen molar-refractivity contribution in [1.29, 1.82) is 0 Å². The number of unbranched alkanes of at least 4 members (excludes halogenated alkanes) is 1. The van der Waals surface area contributed by atoms with Crippen LogP contribution in [0, 0.1) is 17.3 Å². The Morgan fingerprint density at radius 2 is 2.03 bits per heavy atom. The maximum absolute atomic E-state index is 12.5. The Kier molecular flexibility index (Phi) is 10.3. The number of esters is 1. The smallest absolute Gasteiger partial charge is 0.305 e. The molecule has 0 aliphatic heterocycles. The first-order valence-electron chi connectivity index (χ1n) is 11.6. The first-order chi connectivity index (χ1) is 14.5. The number of carbonyl (C=O) groups excluding carboxylic acids is 2. The summed E-state index contributed by atoms with van der Waals surface area (Å²) in [4.78, 5) is 23.7. The van der Waals surface area contributed by atoms with Gasteiger partial charge in [-0.2, -0.15) is 0 Å². The lowest BCUT2D eigenvalue weighted by molar-refractivity contribution is -0.140. The Morgan fingerprint density at radius 3 is 2.63 bits per heavy atom. The zero-order valence-corrected chi connectivity index (χ0v) is 19.0. The summed E-state index contributed by atoms with van der Waals surface area (Å²) in [7, 11) is 3.07. The van der Waals surface area contributed by atoms with Crippen LogP contribution in [0.25, 0.3) is 0 Å². The molecule has 0 saturated heterocycles. The highest BCUT2D eigenvalue weighted by molar-refractivity contribution is 5.84. The minimum Gasteiger partial charge on any atom is -0.469 e. The number of aliphatic hydroxyl groups excluding tert-OH is 1. The Labute approximate surface area is 181 Å². The average molecular weight is 421 g/mol. The molecule has 2 unspecified atom stereocenters. The van der Waals surface area contributed by atoms with Gasteiger partial charge in [0, 0.05) is 31.8 Å². The molecule has 2 aliphatic rings. The quantitative estimate of drug-likeness (QED) is 0.264. The van der Waals surface area contributed by atoms with Crippen LogP contribution in [0.15, 0.2) is 24.3 Å². The molecule has 0 radical (unpaired) electrons. The van der Waals surface area contributed by atoms with E-state index in [9.17, 15) is 14.7 Å². The van der Waals surface area contributed by atoms with E-state index in [0.29, 0.717) is 25.7 Å². The third-order valence-corrected chi connectivity index (χ3v) is 7.07. The maximum atomic E-state index is 12.5. The molecule has 2 fully saturated rings. The predicted octanol–water partition coefficient (Wildman–Crippen LogP) is 4.77. The summed E-state index contributed by atoms with van der Waals surface area (Å²) in [5.41, 5.74) is 0.109. The fourth-order valence-corrected chi connectivity index (χ4v) is 5.07. The number of methoxy groups -OCH3 is 2. The summed E-state index contributed by atoms with van der Waals surface area (Å²) in [5.74, 6) is 0.0384. The minimum absolute atomic E-state index is 0.0536.